The SMILES string of the molecule is CCCC1CCCC(O)(Cc2cccc(F)c2)CC1. The standard InChI is InChI=1S/C17H25FO/c1-2-5-14-7-4-10-17(19,11-9-14)13-15-6-3-8-16(18)12-15/h3,6,8,12,14,19H,2,4-5,7,9-11,13H2,1H3. The molecule has 106 valence electrons. The summed E-state index contributed by atoms with van der Waals surface area (Å²) in [7, 11) is 0. The molecular weight excluding hydrogens is 239 g/mol. The molecule has 0 heterocycles. The van der Waals surface area contributed by atoms with Crippen molar-refractivity contribution < 1.29 is 9.50 Å². The molecule has 0 amide bonds. The zero-order valence-electron chi connectivity index (χ0n) is 11.9. The summed E-state index contributed by atoms with van der Waals surface area (Å²) in [6, 6.07) is 6.64. The van der Waals surface area contributed by atoms with Crippen molar-refractivity contribution in [2.45, 2.75) is 63.9 Å². The molecule has 2 rings (SSSR count). The van der Waals surface area contributed by atoms with E-state index in [2.05, 4.69) is 6.92 Å². The third-order valence-corrected chi connectivity index (χ3v) is 4.39. The molecule has 0 saturated heterocycles. The van der Waals surface area contributed by atoms with Crippen molar-refractivity contribution in [2.75, 3.05) is 0 Å². The van der Waals surface area contributed by atoms with Gasteiger partial charge in [-0.1, -0.05) is 44.7 Å². The maximum Gasteiger partial charge on any atom is 0.123 e. The summed E-state index contributed by atoms with van der Waals surface area (Å²) in [5.74, 6) is 0.560. The van der Waals surface area contributed by atoms with Crippen molar-refractivity contribution in [2.24, 2.45) is 5.92 Å². The lowest BCUT2D eigenvalue weighted by atomic mass is 9.87. The first-order valence-corrected chi connectivity index (χ1v) is 7.58. The van der Waals surface area contributed by atoms with Crippen LogP contribution in [-0.2, 0) is 6.42 Å². The Morgan fingerprint density at radius 1 is 1.32 bits per heavy atom. The Balaban J connectivity index is 1.98. The number of halogens is 1. The zero-order chi connectivity index (χ0) is 13.7. The van der Waals surface area contributed by atoms with Crippen molar-refractivity contribution in [3.63, 3.8) is 0 Å². The van der Waals surface area contributed by atoms with Gasteiger partial charge in [-0.2, -0.15) is 0 Å². The quantitative estimate of drug-likeness (QED) is 0.795. The molecule has 1 aromatic carbocycles. The Morgan fingerprint density at radius 3 is 2.89 bits per heavy atom. The summed E-state index contributed by atoms with van der Waals surface area (Å²) in [4.78, 5) is 0. The Kier molecular flexibility index (Phi) is 4.98. The summed E-state index contributed by atoms with van der Waals surface area (Å²) in [5, 5.41) is 10.8. The highest BCUT2D eigenvalue weighted by Crippen LogP contribution is 2.34. The number of aliphatic hydroxyl groups is 1. The van der Waals surface area contributed by atoms with E-state index in [0.717, 1.165) is 37.2 Å². The van der Waals surface area contributed by atoms with E-state index in [-0.39, 0.29) is 5.82 Å². The molecule has 1 aromatic rings. The minimum atomic E-state index is -0.629. The number of hydrogen-bond acceptors (Lipinski definition) is 1. The Labute approximate surface area is 115 Å². The predicted molar refractivity (Wildman–Crippen MR) is 76.5 cm³/mol. The number of hydrogen-bond donors (Lipinski definition) is 1. The summed E-state index contributed by atoms with van der Waals surface area (Å²) >= 11 is 0. The molecule has 0 aromatic heterocycles. The highest BCUT2D eigenvalue weighted by Gasteiger charge is 2.30. The van der Waals surface area contributed by atoms with Crippen LogP contribution in [0.3, 0.4) is 0 Å². The van der Waals surface area contributed by atoms with E-state index in [1.807, 2.05) is 6.07 Å². The van der Waals surface area contributed by atoms with E-state index >= 15 is 0 Å². The molecular formula is C17H25FO. The van der Waals surface area contributed by atoms with Crippen LogP contribution in [-0.4, -0.2) is 10.7 Å². The van der Waals surface area contributed by atoms with Gasteiger partial charge in [0.2, 0.25) is 0 Å². The second-order valence-electron chi connectivity index (χ2n) is 6.12. The van der Waals surface area contributed by atoms with Crippen LogP contribution in [0.15, 0.2) is 24.3 Å². The highest BCUT2D eigenvalue weighted by atomic mass is 19.1. The van der Waals surface area contributed by atoms with Crippen molar-refractivity contribution in [1.29, 1.82) is 0 Å². The first kappa shape index (κ1) is 14.5. The molecule has 1 aliphatic rings. The molecule has 19 heavy (non-hydrogen) atoms. The normalized spacial score (nSPS) is 28.1. The van der Waals surface area contributed by atoms with Crippen LogP contribution in [0, 0.1) is 11.7 Å². The van der Waals surface area contributed by atoms with Gasteiger partial charge in [0.15, 0.2) is 0 Å². The van der Waals surface area contributed by atoms with Crippen molar-refractivity contribution in [3.05, 3.63) is 35.6 Å². The van der Waals surface area contributed by atoms with E-state index in [1.165, 1.54) is 25.3 Å². The van der Waals surface area contributed by atoms with E-state index in [1.54, 1.807) is 12.1 Å². The van der Waals surface area contributed by atoms with E-state index in [9.17, 15) is 9.50 Å². The Hall–Kier alpha value is -0.890. The smallest absolute Gasteiger partial charge is 0.123 e. The number of benzene rings is 1. The zero-order valence-corrected chi connectivity index (χ0v) is 11.9. The van der Waals surface area contributed by atoms with Gasteiger partial charge in [0.05, 0.1) is 5.60 Å². The number of rotatable bonds is 4. The maximum absolute atomic E-state index is 13.2. The second-order valence-corrected chi connectivity index (χ2v) is 6.12. The van der Waals surface area contributed by atoms with Gasteiger partial charge in [-0.3, -0.25) is 0 Å². The maximum atomic E-state index is 13.2. The fourth-order valence-corrected chi connectivity index (χ4v) is 3.36. The first-order chi connectivity index (χ1) is 9.11. The van der Waals surface area contributed by atoms with Gasteiger partial charge in [0, 0.05) is 6.42 Å². The van der Waals surface area contributed by atoms with Gasteiger partial charge >= 0.3 is 0 Å². The molecule has 0 aliphatic heterocycles. The van der Waals surface area contributed by atoms with Gasteiger partial charge in [-0.15, -0.1) is 0 Å². The van der Waals surface area contributed by atoms with Crippen molar-refractivity contribution in [3.8, 4) is 0 Å². The van der Waals surface area contributed by atoms with Crippen LogP contribution in [0.1, 0.15) is 57.4 Å². The first-order valence-electron chi connectivity index (χ1n) is 7.58. The summed E-state index contributed by atoms with van der Waals surface area (Å²) < 4.78 is 13.2. The van der Waals surface area contributed by atoms with E-state index in [4.69, 9.17) is 0 Å². The lowest BCUT2D eigenvalue weighted by Crippen LogP contribution is -2.30. The topological polar surface area (TPSA) is 20.2 Å². The lowest BCUT2D eigenvalue weighted by molar-refractivity contribution is 0.0240. The largest absolute Gasteiger partial charge is 0.390 e. The van der Waals surface area contributed by atoms with Crippen LogP contribution < -0.4 is 0 Å². The molecule has 2 atom stereocenters. The third kappa shape index (κ3) is 4.31. The highest BCUT2D eigenvalue weighted by molar-refractivity contribution is 5.18. The van der Waals surface area contributed by atoms with E-state index < -0.39 is 5.60 Å². The summed E-state index contributed by atoms with van der Waals surface area (Å²) in [6.45, 7) is 2.23. The van der Waals surface area contributed by atoms with Crippen molar-refractivity contribution in [1.82, 2.24) is 0 Å². The lowest BCUT2D eigenvalue weighted by Gasteiger charge is -2.27. The monoisotopic (exact) mass is 264 g/mol. The van der Waals surface area contributed by atoms with Gasteiger partial charge in [-0.05, 0) is 42.9 Å². The Bertz CT molecular complexity index is 404. The second kappa shape index (κ2) is 6.51. The molecule has 0 radical (unpaired) electrons. The molecule has 2 heteroatoms. The van der Waals surface area contributed by atoms with Gasteiger partial charge in [-0.25, -0.2) is 4.39 Å². The van der Waals surface area contributed by atoms with Gasteiger partial charge in [0.25, 0.3) is 0 Å². The summed E-state index contributed by atoms with van der Waals surface area (Å²) in [6.07, 6.45) is 8.24. The predicted octanol–water partition coefficient (Wildman–Crippen LogP) is 4.48. The average Bonchev–Trinajstić information content (AvgIpc) is 2.53. The third-order valence-electron chi connectivity index (χ3n) is 4.39. The van der Waals surface area contributed by atoms with Crippen LogP contribution in [0.5, 0.6) is 0 Å². The van der Waals surface area contributed by atoms with Gasteiger partial charge in [0.1, 0.15) is 5.82 Å². The van der Waals surface area contributed by atoms with Gasteiger partial charge < -0.3 is 5.11 Å². The van der Waals surface area contributed by atoms with Crippen LogP contribution in [0.4, 0.5) is 4.39 Å². The summed E-state index contributed by atoms with van der Waals surface area (Å²) in [5.41, 5.74) is 0.285. The fraction of sp³-hybridized carbons (Fsp3) is 0.647. The molecule has 2 unspecified atom stereocenters. The molecule has 1 N–H and O–H groups in total. The average molecular weight is 264 g/mol. The Morgan fingerprint density at radius 2 is 2.16 bits per heavy atom. The van der Waals surface area contributed by atoms with E-state index in [0.29, 0.717) is 6.42 Å². The van der Waals surface area contributed by atoms with Crippen LogP contribution in [0.25, 0.3) is 0 Å². The molecule has 1 nitrogen and oxygen atoms in total. The van der Waals surface area contributed by atoms with Crippen LogP contribution in [0.2, 0.25) is 0 Å². The molecule has 1 saturated carbocycles. The molecule has 0 spiro atoms. The fourth-order valence-electron chi connectivity index (χ4n) is 3.36. The molecule has 0 bridgehead atoms. The molecule has 1 fully saturated rings. The van der Waals surface area contributed by atoms with Crippen molar-refractivity contribution >= 4 is 0 Å². The van der Waals surface area contributed by atoms with Crippen LogP contribution >= 0.6 is 0 Å². The minimum Gasteiger partial charge on any atom is -0.390 e. The minimum absolute atomic E-state index is 0.210. The molecule has 1 aliphatic carbocycles.